The van der Waals surface area contributed by atoms with Crippen molar-refractivity contribution >= 4 is 5.82 Å². The first-order chi connectivity index (χ1) is 15.7. The van der Waals surface area contributed by atoms with E-state index in [0.717, 1.165) is 55.1 Å². The Kier molecular flexibility index (Phi) is 5.58. The van der Waals surface area contributed by atoms with Crippen LogP contribution in [0.4, 0.5) is 10.2 Å². The maximum atomic E-state index is 13.2. The van der Waals surface area contributed by atoms with Crippen molar-refractivity contribution in [3.63, 3.8) is 0 Å². The molecule has 0 bridgehead atoms. The highest BCUT2D eigenvalue weighted by Crippen LogP contribution is 2.30. The molecule has 1 aromatic carbocycles. The zero-order valence-electron chi connectivity index (χ0n) is 17.8. The van der Waals surface area contributed by atoms with Gasteiger partial charge in [0.15, 0.2) is 5.82 Å². The van der Waals surface area contributed by atoms with Gasteiger partial charge in [0, 0.05) is 36.6 Å². The molecular formula is C24H23FN6O. The van der Waals surface area contributed by atoms with Crippen LogP contribution in [-0.2, 0) is 6.42 Å². The van der Waals surface area contributed by atoms with E-state index in [2.05, 4.69) is 31.9 Å². The lowest BCUT2D eigenvalue weighted by Gasteiger charge is -2.32. The largest absolute Gasteiger partial charge is 0.356 e. The summed E-state index contributed by atoms with van der Waals surface area (Å²) in [6.07, 6.45) is 4.52. The number of halogens is 1. The molecule has 5 rings (SSSR count). The predicted octanol–water partition coefficient (Wildman–Crippen LogP) is 4.67. The lowest BCUT2D eigenvalue weighted by molar-refractivity contribution is 0.333. The van der Waals surface area contributed by atoms with Gasteiger partial charge in [0.05, 0.1) is 5.92 Å². The average Bonchev–Trinajstić information content (AvgIpc) is 3.35. The molecule has 0 spiro atoms. The summed E-state index contributed by atoms with van der Waals surface area (Å²) in [6, 6.07) is 13.9. The van der Waals surface area contributed by atoms with E-state index >= 15 is 0 Å². The van der Waals surface area contributed by atoms with Crippen LogP contribution >= 0.6 is 0 Å². The van der Waals surface area contributed by atoms with E-state index < -0.39 is 0 Å². The topological polar surface area (TPSA) is 80.8 Å². The van der Waals surface area contributed by atoms with Gasteiger partial charge in [-0.25, -0.2) is 14.4 Å². The lowest BCUT2D eigenvalue weighted by atomic mass is 9.98. The number of hydrogen-bond donors (Lipinski definition) is 0. The molecule has 1 fully saturated rings. The molecule has 4 aromatic rings. The Balaban J connectivity index is 1.39. The molecule has 1 atom stereocenters. The van der Waals surface area contributed by atoms with Gasteiger partial charge in [-0.05, 0) is 55.7 Å². The number of piperidine rings is 1. The van der Waals surface area contributed by atoms with Gasteiger partial charge in [-0.3, -0.25) is 4.98 Å². The van der Waals surface area contributed by atoms with Gasteiger partial charge in [0.1, 0.15) is 17.3 Å². The minimum Gasteiger partial charge on any atom is -0.356 e. The molecule has 7 nitrogen and oxygen atoms in total. The van der Waals surface area contributed by atoms with Crippen molar-refractivity contribution in [2.75, 3.05) is 18.0 Å². The van der Waals surface area contributed by atoms with E-state index in [1.54, 1.807) is 18.3 Å². The third-order valence-electron chi connectivity index (χ3n) is 5.66. The quantitative estimate of drug-likeness (QED) is 0.455. The number of hydrogen-bond acceptors (Lipinski definition) is 7. The van der Waals surface area contributed by atoms with E-state index in [0.29, 0.717) is 17.5 Å². The molecule has 0 radical (unpaired) electrons. The van der Waals surface area contributed by atoms with Crippen LogP contribution < -0.4 is 4.90 Å². The number of aromatic nitrogens is 5. The molecule has 1 aliphatic heterocycles. The fraction of sp³-hybridized carbons (Fsp3) is 0.292. The number of anilines is 1. The standard InChI is InChI=1S/C24H23FN6O/c1-2-19-14-21(28-23(27-19)20-7-3-4-12-26-20)31-13-5-6-17(15-31)24-29-22(30-32-24)16-8-10-18(25)11-9-16/h3-4,7-12,14,17H,2,5-6,13,15H2,1H3. The highest BCUT2D eigenvalue weighted by Gasteiger charge is 2.27. The number of aryl methyl sites for hydroxylation is 1. The second-order valence-corrected chi connectivity index (χ2v) is 7.86. The highest BCUT2D eigenvalue weighted by atomic mass is 19.1. The zero-order valence-corrected chi connectivity index (χ0v) is 17.8. The molecule has 32 heavy (non-hydrogen) atoms. The van der Waals surface area contributed by atoms with Gasteiger partial charge in [0.25, 0.3) is 0 Å². The smallest absolute Gasteiger partial charge is 0.231 e. The van der Waals surface area contributed by atoms with Crippen LogP contribution in [0.25, 0.3) is 22.9 Å². The normalized spacial score (nSPS) is 16.3. The molecule has 0 aliphatic carbocycles. The zero-order chi connectivity index (χ0) is 21.9. The Bertz CT molecular complexity index is 1190. The number of pyridine rings is 1. The molecule has 3 aromatic heterocycles. The number of benzene rings is 1. The Morgan fingerprint density at radius 3 is 2.72 bits per heavy atom. The number of rotatable bonds is 5. The lowest BCUT2D eigenvalue weighted by Crippen LogP contribution is -2.35. The second-order valence-electron chi connectivity index (χ2n) is 7.86. The van der Waals surface area contributed by atoms with Gasteiger partial charge >= 0.3 is 0 Å². The third-order valence-corrected chi connectivity index (χ3v) is 5.66. The van der Waals surface area contributed by atoms with Gasteiger partial charge in [0.2, 0.25) is 11.7 Å². The average molecular weight is 430 g/mol. The van der Waals surface area contributed by atoms with Gasteiger partial charge in [-0.2, -0.15) is 4.98 Å². The molecule has 1 aliphatic rings. The Hall–Kier alpha value is -3.68. The summed E-state index contributed by atoms with van der Waals surface area (Å²) in [5, 5.41) is 4.11. The van der Waals surface area contributed by atoms with Crippen molar-refractivity contribution in [2.45, 2.75) is 32.1 Å². The van der Waals surface area contributed by atoms with E-state index in [9.17, 15) is 4.39 Å². The van der Waals surface area contributed by atoms with Crippen molar-refractivity contribution in [1.82, 2.24) is 25.1 Å². The summed E-state index contributed by atoms with van der Waals surface area (Å²) in [6.45, 7) is 3.72. The molecule has 4 heterocycles. The van der Waals surface area contributed by atoms with Gasteiger partial charge in [-0.1, -0.05) is 18.1 Å². The van der Waals surface area contributed by atoms with E-state index in [4.69, 9.17) is 9.51 Å². The summed E-state index contributed by atoms with van der Waals surface area (Å²) >= 11 is 0. The fourth-order valence-electron chi connectivity index (χ4n) is 3.94. The van der Waals surface area contributed by atoms with Crippen molar-refractivity contribution in [3.05, 3.63) is 72.1 Å². The van der Waals surface area contributed by atoms with E-state index in [-0.39, 0.29) is 11.7 Å². The SMILES string of the molecule is CCc1cc(N2CCCC(c3nc(-c4ccc(F)cc4)no3)C2)nc(-c2ccccn2)n1. The van der Waals surface area contributed by atoms with Crippen LogP contribution in [0.2, 0.25) is 0 Å². The summed E-state index contributed by atoms with van der Waals surface area (Å²) in [7, 11) is 0. The molecule has 0 saturated carbocycles. The van der Waals surface area contributed by atoms with Crippen LogP contribution in [0.15, 0.2) is 59.3 Å². The summed E-state index contributed by atoms with van der Waals surface area (Å²) < 4.78 is 18.8. The van der Waals surface area contributed by atoms with E-state index in [1.807, 2.05) is 24.3 Å². The maximum absolute atomic E-state index is 13.2. The molecular weight excluding hydrogens is 407 g/mol. The minimum atomic E-state index is -0.290. The van der Waals surface area contributed by atoms with Crippen LogP contribution in [0.3, 0.4) is 0 Å². The first-order valence-corrected chi connectivity index (χ1v) is 10.8. The first kappa shape index (κ1) is 20.2. The van der Waals surface area contributed by atoms with Crippen LogP contribution in [0, 0.1) is 5.82 Å². The fourth-order valence-corrected chi connectivity index (χ4v) is 3.94. The second kappa shape index (κ2) is 8.82. The molecule has 8 heteroatoms. The summed E-state index contributed by atoms with van der Waals surface area (Å²) in [5.74, 6) is 2.41. The first-order valence-electron chi connectivity index (χ1n) is 10.8. The van der Waals surface area contributed by atoms with Crippen molar-refractivity contribution in [3.8, 4) is 22.9 Å². The molecule has 0 N–H and O–H groups in total. The van der Waals surface area contributed by atoms with Crippen molar-refractivity contribution in [2.24, 2.45) is 0 Å². The van der Waals surface area contributed by atoms with Crippen molar-refractivity contribution in [1.29, 1.82) is 0 Å². The molecule has 1 saturated heterocycles. The Morgan fingerprint density at radius 1 is 1.06 bits per heavy atom. The van der Waals surface area contributed by atoms with Crippen molar-refractivity contribution < 1.29 is 8.91 Å². The Labute approximate surface area is 185 Å². The van der Waals surface area contributed by atoms with Gasteiger partial charge < -0.3 is 9.42 Å². The Morgan fingerprint density at radius 2 is 1.94 bits per heavy atom. The molecule has 1 unspecified atom stereocenters. The highest BCUT2D eigenvalue weighted by molar-refractivity contribution is 5.55. The van der Waals surface area contributed by atoms with E-state index in [1.165, 1.54) is 12.1 Å². The maximum Gasteiger partial charge on any atom is 0.231 e. The molecule has 0 amide bonds. The van der Waals surface area contributed by atoms with Crippen LogP contribution in [-0.4, -0.2) is 38.2 Å². The minimum absolute atomic E-state index is 0.101. The third kappa shape index (κ3) is 4.21. The molecule has 162 valence electrons. The summed E-state index contributed by atoms with van der Waals surface area (Å²) in [4.78, 5) is 20.7. The number of nitrogens with zero attached hydrogens (tertiary/aromatic N) is 6. The van der Waals surface area contributed by atoms with Crippen LogP contribution in [0.5, 0.6) is 0 Å². The summed E-state index contributed by atoms with van der Waals surface area (Å²) in [5.41, 5.74) is 2.48. The monoisotopic (exact) mass is 430 g/mol. The predicted molar refractivity (Wildman–Crippen MR) is 119 cm³/mol. The van der Waals surface area contributed by atoms with Gasteiger partial charge in [-0.15, -0.1) is 0 Å². The van der Waals surface area contributed by atoms with Crippen LogP contribution in [0.1, 0.15) is 37.3 Å².